The first-order chi connectivity index (χ1) is 15.2. The number of nitrogens with zero attached hydrogens (tertiary/aromatic N) is 1. The molecule has 162 valence electrons. The molecule has 6 heteroatoms. The fraction of sp³-hybridized carbons (Fsp3) is 0.269. The highest BCUT2D eigenvalue weighted by molar-refractivity contribution is 7.21. The van der Waals surface area contributed by atoms with E-state index in [4.69, 9.17) is 0 Å². The maximum atomic E-state index is 13.2. The number of carbonyl (C=O) groups is 2. The van der Waals surface area contributed by atoms with E-state index in [1.54, 1.807) is 19.9 Å². The van der Waals surface area contributed by atoms with E-state index in [0.717, 1.165) is 33.9 Å². The minimum Gasteiger partial charge on any atom is -0.386 e. The van der Waals surface area contributed by atoms with Crippen LogP contribution in [0, 0.1) is 12.8 Å². The highest BCUT2D eigenvalue weighted by atomic mass is 32.1. The van der Waals surface area contributed by atoms with Crippen LogP contribution in [0.5, 0.6) is 0 Å². The lowest BCUT2D eigenvalue weighted by Gasteiger charge is -2.21. The van der Waals surface area contributed by atoms with E-state index in [9.17, 15) is 14.7 Å². The van der Waals surface area contributed by atoms with Crippen molar-refractivity contribution in [2.24, 2.45) is 5.92 Å². The molecule has 2 N–H and O–H groups in total. The summed E-state index contributed by atoms with van der Waals surface area (Å²) in [6.07, 6.45) is 1.90. The van der Waals surface area contributed by atoms with Crippen LogP contribution in [-0.2, 0) is 5.60 Å². The minimum atomic E-state index is -1.09. The van der Waals surface area contributed by atoms with Gasteiger partial charge in [0.05, 0.1) is 16.0 Å². The van der Waals surface area contributed by atoms with E-state index in [0.29, 0.717) is 27.3 Å². The number of aromatic nitrogens is 1. The highest BCUT2D eigenvalue weighted by Crippen LogP contribution is 2.39. The summed E-state index contributed by atoms with van der Waals surface area (Å²) in [5.41, 5.74) is 1.88. The molecule has 2 aromatic heterocycles. The van der Waals surface area contributed by atoms with Gasteiger partial charge in [-0.05, 0) is 68.3 Å². The Hall–Kier alpha value is -3.09. The van der Waals surface area contributed by atoms with Gasteiger partial charge in [-0.3, -0.25) is 9.59 Å². The zero-order valence-corrected chi connectivity index (χ0v) is 19.0. The van der Waals surface area contributed by atoms with Gasteiger partial charge in [-0.15, -0.1) is 11.3 Å². The van der Waals surface area contributed by atoms with Crippen molar-refractivity contribution < 1.29 is 14.7 Å². The Bertz CT molecular complexity index is 1390. The van der Waals surface area contributed by atoms with E-state index in [1.807, 2.05) is 49.4 Å². The summed E-state index contributed by atoms with van der Waals surface area (Å²) in [5.74, 6) is 0.423. The lowest BCUT2D eigenvalue weighted by atomic mass is 9.94. The molecule has 0 radical (unpaired) electrons. The number of pyridine rings is 1. The molecule has 1 aliphatic carbocycles. The molecule has 1 saturated carbocycles. The molecule has 5 rings (SSSR count). The molecular formula is C26H24N2O3S. The van der Waals surface area contributed by atoms with Crippen molar-refractivity contribution in [3.63, 3.8) is 0 Å². The summed E-state index contributed by atoms with van der Waals surface area (Å²) in [5, 5.41) is 15.4. The number of benzene rings is 2. The number of hydrogen-bond acceptors (Lipinski definition) is 5. The van der Waals surface area contributed by atoms with Crippen LogP contribution in [0.4, 0.5) is 5.82 Å². The van der Waals surface area contributed by atoms with Crippen molar-refractivity contribution in [1.82, 2.24) is 4.98 Å². The van der Waals surface area contributed by atoms with E-state index in [1.165, 1.54) is 11.3 Å². The topological polar surface area (TPSA) is 79.3 Å². The van der Waals surface area contributed by atoms with Gasteiger partial charge in [-0.2, -0.15) is 0 Å². The van der Waals surface area contributed by atoms with Crippen LogP contribution in [0.15, 0.2) is 48.5 Å². The van der Waals surface area contributed by atoms with Crippen LogP contribution in [0.2, 0.25) is 0 Å². The molecule has 2 aromatic carbocycles. The zero-order valence-electron chi connectivity index (χ0n) is 18.2. The van der Waals surface area contributed by atoms with E-state index in [2.05, 4.69) is 10.3 Å². The first-order valence-corrected chi connectivity index (χ1v) is 11.6. The number of fused-ring (bicyclic) bond motifs is 2. The van der Waals surface area contributed by atoms with Gasteiger partial charge >= 0.3 is 0 Å². The van der Waals surface area contributed by atoms with Crippen molar-refractivity contribution in [2.45, 2.75) is 39.2 Å². The molecule has 0 atom stereocenters. The summed E-state index contributed by atoms with van der Waals surface area (Å²) in [6.45, 7) is 5.35. The number of carbonyl (C=O) groups excluding carboxylic acids is 2. The second-order valence-electron chi connectivity index (χ2n) is 8.96. The van der Waals surface area contributed by atoms with Gasteiger partial charge in [0.25, 0.3) is 5.91 Å². The summed E-state index contributed by atoms with van der Waals surface area (Å²) in [6, 6.07) is 15.0. The van der Waals surface area contributed by atoms with Crippen molar-refractivity contribution in [3.8, 4) is 0 Å². The van der Waals surface area contributed by atoms with Crippen molar-refractivity contribution in [3.05, 3.63) is 70.1 Å². The Labute approximate surface area is 190 Å². The van der Waals surface area contributed by atoms with Gasteiger partial charge in [0, 0.05) is 21.6 Å². The molecule has 5 nitrogen and oxygen atoms in total. The molecule has 32 heavy (non-hydrogen) atoms. The van der Waals surface area contributed by atoms with Crippen molar-refractivity contribution in [1.29, 1.82) is 0 Å². The Kier molecular flexibility index (Phi) is 4.87. The van der Waals surface area contributed by atoms with Crippen LogP contribution in [0.1, 0.15) is 57.8 Å². The number of anilines is 1. The third-order valence-electron chi connectivity index (χ3n) is 6.00. The average Bonchev–Trinajstić information content (AvgIpc) is 3.55. The molecule has 0 aliphatic heterocycles. The SMILES string of the molecule is Cc1c(C(=O)Nc2cc(C(C)(C)O)c3ccccc3n2)sc2c(C(=O)C3CC3)cccc12. The first-order valence-electron chi connectivity index (χ1n) is 10.7. The van der Waals surface area contributed by atoms with Crippen LogP contribution >= 0.6 is 11.3 Å². The van der Waals surface area contributed by atoms with Gasteiger partial charge < -0.3 is 10.4 Å². The fourth-order valence-corrected chi connectivity index (χ4v) is 5.36. The lowest BCUT2D eigenvalue weighted by Crippen LogP contribution is -2.18. The maximum absolute atomic E-state index is 13.2. The number of Topliss-reactive ketones (excluding diaryl/α,β-unsaturated/α-hetero) is 1. The third kappa shape index (κ3) is 3.59. The number of ketones is 1. The average molecular weight is 445 g/mol. The summed E-state index contributed by atoms with van der Waals surface area (Å²) in [7, 11) is 0. The van der Waals surface area contributed by atoms with Crippen LogP contribution in [0.25, 0.3) is 21.0 Å². The molecule has 4 aromatic rings. The van der Waals surface area contributed by atoms with Crippen molar-refractivity contribution in [2.75, 3.05) is 5.32 Å². The van der Waals surface area contributed by atoms with Crippen LogP contribution in [0.3, 0.4) is 0 Å². The molecule has 1 aliphatic rings. The predicted octanol–water partition coefficient (Wildman–Crippen LogP) is 5.83. The van der Waals surface area contributed by atoms with Gasteiger partial charge in [0.15, 0.2) is 5.78 Å². The molecule has 0 saturated heterocycles. The largest absolute Gasteiger partial charge is 0.386 e. The number of thiophene rings is 1. The highest BCUT2D eigenvalue weighted by Gasteiger charge is 2.32. The number of aliphatic hydroxyl groups is 1. The quantitative estimate of drug-likeness (QED) is 0.380. The summed E-state index contributed by atoms with van der Waals surface area (Å²) in [4.78, 5) is 31.1. The predicted molar refractivity (Wildman–Crippen MR) is 129 cm³/mol. The number of amides is 1. The van der Waals surface area contributed by atoms with Gasteiger partial charge in [0.2, 0.25) is 0 Å². The van der Waals surface area contributed by atoms with E-state index in [-0.39, 0.29) is 17.6 Å². The molecular weight excluding hydrogens is 420 g/mol. The zero-order chi connectivity index (χ0) is 22.6. The molecule has 0 spiro atoms. The summed E-state index contributed by atoms with van der Waals surface area (Å²) < 4.78 is 0.871. The first kappa shape index (κ1) is 20.8. The Morgan fingerprint density at radius 1 is 1.09 bits per heavy atom. The summed E-state index contributed by atoms with van der Waals surface area (Å²) >= 11 is 1.35. The Balaban J connectivity index is 1.54. The van der Waals surface area contributed by atoms with Gasteiger partial charge in [-0.25, -0.2) is 4.98 Å². The normalized spacial score (nSPS) is 14.1. The van der Waals surface area contributed by atoms with E-state index < -0.39 is 5.60 Å². The fourth-order valence-electron chi connectivity index (χ4n) is 4.14. The second-order valence-corrected chi connectivity index (χ2v) is 9.98. The number of aryl methyl sites for hydroxylation is 1. The number of nitrogens with one attached hydrogen (secondary N) is 1. The maximum Gasteiger partial charge on any atom is 0.267 e. The molecule has 0 unspecified atom stereocenters. The third-order valence-corrected chi connectivity index (χ3v) is 7.34. The van der Waals surface area contributed by atoms with Gasteiger partial charge in [0.1, 0.15) is 5.82 Å². The Morgan fingerprint density at radius 3 is 2.53 bits per heavy atom. The molecule has 2 heterocycles. The number of para-hydroxylation sites is 1. The number of hydrogen-bond donors (Lipinski definition) is 2. The van der Waals surface area contributed by atoms with Crippen LogP contribution in [-0.4, -0.2) is 21.8 Å². The Morgan fingerprint density at radius 2 is 1.81 bits per heavy atom. The van der Waals surface area contributed by atoms with Crippen LogP contribution < -0.4 is 5.32 Å². The number of rotatable bonds is 5. The smallest absolute Gasteiger partial charge is 0.267 e. The lowest BCUT2D eigenvalue weighted by molar-refractivity contribution is 0.0801. The standard InChI is InChI=1S/C26H24N2O3S/c1-14-16-8-6-9-18(22(29)15-11-12-15)24(16)32-23(14)25(30)28-21-13-19(26(2,3)31)17-7-4-5-10-20(17)27-21/h4-10,13,15,31H,11-12H2,1-3H3,(H,27,28,30). The minimum absolute atomic E-state index is 0.127. The molecule has 0 bridgehead atoms. The monoisotopic (exact) mass is 444 g/mol. The van der Waals surface area contributed by atoms with E-state index >= 15 is 0 Å². The second kappa shape index (κ2) is 7.50. The molecule has 1 amide bonds. The molecule has 1 fully saturated rings. The van der Waals surface area contributed by atoms with Crippen molar-refractivity contribution >= 4 is 49.8 Å². The van der Waals surface area contributed by atoms with Gasteiger partial charge in [-0.1, -0.05) is 30.3 Å².